The second kappa shape index (κ2) is 8.24. The molecule has 3 heterocycles. The standard InChI is InChI=1S/C24H18BrFN4S/c25-16-6-10-18(11-7-16)29-15-3-5-21(29)23-22(20-4-1-2-14-27-20)28-24(31)30(23)19-12-8-17(26)9-13-19/h1-15,22-23H,(H,28,31)/t22-,23+/m0/s1. The number of hydrogen-bond acceptors (Lipinski definition) is 2. The Kier molecular flexibility index (Phi) is 5.29. The molecule has 0 amide bonds. The molecule has 0 radical (unpaired) electrons. The summed E-state index contributed by atoms with van der Waals surface area (Å²) in [5.41, 5.74) is 3.81. The third-order valence-electron chi connectivity index (χ3n) is 5.39. The van der Waals surface area contributed by atoms with Crippen molar-refractivity contribution in [3.05, 3.63) is 113 Å². The Balaban J connectivity index is 1.66. The van der Waals surface area contributed by atoms with Gasteiger partial charge in [0.2, 0.25) is 0 Å². The van der Waals surface area contributed by atoms with Crippen molar-refractivity contribution in [2.75, 3.05) is 4.90 Å². The topological polar surface area (TPSA) is 33.1 Å². The van der Waals surface area contributed by atoms with E-state index in [0.29, 0.717) is 5.11 Å². The number of hydrogen-bond donors (Lipinski definition) is 1. The second-order valence-corrected chi connectivity index (χ2v) is 8.55. The van der Waals surface area contributed by atoms with Crippen LogP contribution in [-0.2, 0) is 0 Å². The summed E-state index contributed by atoms with van der Waals surface area (Å²) in [6, 6.07) is 24.2. The summed E-state index contributed by atoms with van der Waals surface area (Å²) in [4.78, 5) is 6.63. The van der Waals surface area contributed by atoms with E-state index in [1.54, 1.807) is 18.3 Å². The molecule has 4 aromatic rings. The summed E-state index contributed by atoms with van der Waals surface area (Å²) in [6.45, 7) is 0. The Morgan fingerprint density at radius 3 is 2.35 bits per heavy atom. The summed E-state index contributed by atoms with van der Waals surface area (Å²) >= 11 is 9.24. The minimum Gasteiger partial charge on any atom is -0.351 e. The maximum Gasteiger partial charge on any atom is 0.174 e. The molecule has 154 valence electrons. The molecule has 0 bridgehead atoms. The van der Waals surface area contributed by atoms with Gasteiger partial charge in [-0.25, -0.2) is 4.39 Å². The third-order valence-corrected chi connectivity index (χ3v) is 6.23. The van der Waals surface area contributed by atoms with E-state index in [9.17, 15) is 4.39 Å². The molecular weight excluding hydrogens is 475 g/mol. The number of nitrogens with one attached hydrogen (secondary N) is 1. The number of halogens is 2. The highest BCUT2D eigenvalue weighted by atomic mass is 79.9. The van der Waals surface area contributed by atoms with Gasteiger partial charge in [-0.05, 0) is 85.0 Å². The first-order chi connectivity index (χ1) is 15.1. The minimum absolute atomic E-state index is 0.164. The van der Waals surface area contributed by atoms with E-state index in [0.717, 1.165) is 27.2 Å². The fourth-order valence-electron chi connectivity index (χ4n) is 4.01. The van der Waals surface area contributed by atoms with E-state index in [4.69, 9.17) is 12.2 Å². The zero-order valence-electron chi connectivity index (χ0n) is 16.3. The van der Waals surface area contributed by atoms with Crippen LogP contribution in [-0.4, -0.2) is 14.7 Å². The highest BCUT2D eigenvalue weighted by molar-refractivity contribution is 9.10. The molecule has 1 fully saturated rings. The predicted molar refractivity (Wildman–Crippen MR) is 128 cm³/mol. The van der Waals surface area contributed by atoms with Gasteiger partial charge >= 0.3 is 0 Å². The van der Waals surface area contributed by atoms with Gasteiger partial charge in [0.15, 0.2) is 5.11 Å². The summed E-state index contributed by atoms with van der Waals surface area (Å²) < 4.78 is 16.8. The normalized spacial score (nSPS) is 18.3. The van der Waals surface area contributed by atoms with Crippen molar-refractivity contribution in [3.8, 4) is 5.69 Å². The van der Waals surface area contributed by atoms with Crippen LogP contribution in [0.25, 0.3) is 5.69 Å². The smallest absolute Gasteiger partial charge is 0.174 e. The van der Waals surface area contributed by atoms with Crippen LogP contribution in [0.15, 0.2) is 95.7 Å². The zero-order valence-corrected chi connectivity index (χ0v) is 18.7. The van der Waals surface area contributed by atoms with Gasteiger partial charge in [-0.2, -0.15) is 0 Å². The lowest BCUT2D eigenvalue weighted by molar-refractivity contribution is 0.549. The molecule has 1 N–H and O–H groups in total. The van der Waals surface area contributed by atoms with Crippen LogP contribution < -0.4 is 10.2 Å². The average molecular weight is 493 g/mol. The van der Waals surface area contributed by atoms with Gasteiger partial charge in [-0.3, -0.25) is 4.98 Å². The van der Waals surface area contributed by atoms with E-state index < -0.39 is 0 Å². The number of pyridine rings is 1. The van der Waals surface area contributed by atoms with Gasteiger partial charge in [-0.1, -0.05) is 22.0 Å². The van der Waals surface area contributed by atoms with Crippen molar-refractivity contribution in [1.29, 1.82) is 0 Å². The Hall–Kier alpha value is -3.03. The molecule has 0 spiro atoms. The number of anilines is 1. The monoisotopic (exact) mass is 492 g/mol. The van der Waals surface area contributed by atoms with Crippen molar-refractivity contribution in [2.24, 2.45) is 0 Å². The van der Waals surface area contributed by atoms with Gasteiger partial charge in [0.05, 0.1) is 11.7 Å². The fraction of sp³-hybridized carbons (Fsp3) is 0.0833. The van der Waals surface area contributed by atoms with Gasteiger partial charge < -0.3 is 14.8 Å². The molecule has 4 nitrogen and oxygen atoms in total. The second-order valence-electron chi connectivity index (χ2n) is 7.25. The predicted octanol–water partition coefficient (Wildman–Crippen LogP) is 5.95. The van der Waals surface area contributed by atoms with Crippen molar-refractivity contribution in [2.45, 2.75) is 12.1 Å². The molecule has 2 aromatic carbocycles. The highest BCUT2D eigenvalue weighted by Gasteiger charge is 2.42. The number of nitrogens with zero attached hydrogens (tertiary/aromatic N) is 3. The van der Waals surface area contributed by atoms with Crippen molar-refractivity contribution < 1.29 is 4.39 Å². The number of benzene rings is 2. The highest BCUT2D eigenvalue weighted by Crippen LogP contribution is 2.42. The lowest BCUT2D eigenvalue weighted by atomic mass is 10.0. The molecule has 2 atom stereocenters. The quantitative estimate of drug-likeness (QED) is 0.356. The first kappa shape index (κ1) is 19.9. The van der Waals surface area contributed by atoms with E-state index in [1.165, 1.54) is 12.1 Å². The SMILES string of the molecule is Fc1ccc(N2C(=S)N[C@@H](c3ccccn3)[C@H]2c2cccn2-c2ccc(Br)cc2)cc1. The Bertz CT molecular complexity index is 1210. The van der Waals surface area contributed by atoms with Crippen LogP contribution in [0.4, 0.5) is 10.1 Å². The lowest BCUT2D eigenvalue weighted by Gasteiger charge is -2.29. The average Bonchev–Trinajstić information content (AvgIpc) is 3.40. The molecule has 1 aliphatic rings. The van der Waals surface area contributed by atoms with Crippen LogP contribution in [0, 0.1) is 5.82 Å². The molecule has 1 aliphatic heterocycles. The molecule has 1 saturated heterocycles. The molecular formula is C24H18BrFN4S. The lowest BCUT2D eigenvalue weighted by Crippen LogP contribution is -2.30. The first-order valence-corrected chi connectivity index (χ1v) is 11.0. The maximum absolute atomic E-state index is 13.6. The maximum atomic E-state index is 13.6. The van der Waals surface area contributed by atoms with E-state index in [2.05, 4.69) is 49.0 Å². The summed E-state index contributed by atoms with van der Waals surface area (Å²) in [7, 11) is 0. The summed E-state index contributed by atoms with van der Waals surface area (Å²) in [5, 5.41) is 4.02. The number of rotatable bonds is 4. The van der Waals surface area contributed by atoms with Crippen LogP contribution >= 0.6 is 28.1 Å². The van der Waals surface area contributed by atoms with Gasteiger partial charge in [0.25, 0.3) is 0 Å². The molecule has 0 saturated carbocycles. The first-order valence-electron chi connectivity index (χ1n) is 9.81. The Labute approximate surface area is 193 Å². The Morgan fingerprint density at radius 2 is 1.65 bits per heavy atom. The van der Waals surface area contributed by atoms with Crippen molar-refractivity contribution >= 4 is 38.9 Å². The van der Waals surface area contributed by atoms with E-state index in [-0.39, 0.29) is 17.9 Å². The molecule has 0 aliphatic carbocycles. The van der Waals surface area contributed by atoms with Crippen LogP contribution in [0.1, 0.15) is 23.5 Å². The summed E-state index contributed by atoms with van der Waals surface area (Å²) in [6.07, 6.45) is 3.82. The zero-order chi connectivity index (χ0) is 21.4. The van der Waals surface area contributed by atoms with Crippen LogP contribution in [0.3, 0.4) is 0 Å². The molecule has 31 heavy (non-hydrogen) atoms. The largest absolute Gasteiger partial charge is 0.351 e. The van der Waals surface area contributed by atoms with Crippen LogP contribution in [0.5, 0.6) is 0 Å². The van der Waals surface area contributed by atoms with Crippen molar-refractivity contribution in [1.82, 2.24) is 14.9 Å². The van der Waals surface area contributed by atoms with Gasteiger partial charge in [0, 0.05) is 33.9 Å². The molecule has 5 rings (SSSR count). The van der Waals surface area contributed by atoms with Crippen LogP contribution in [0.2, 0.25) is 0 Å². The number of thiocarbonyl (C=S) groups is 1. The van der Waals surface area contributed by atoms with Gasteiger partial charge in [0.1, 0.15) is 11.9 Å². The molecule has 7 heteroatoms. The third kappa shape index (κ3) is 3.75. The van der Waals surface area contributed by atoms with E-state index >= 15 is 0 Å². The summed E-state index contributed by atoms with van der Waals surface area (Å²) in [5.74, 6) is -0.280. The Morgan fingerprint density at radius 1 is 0.903 bits per heavy atom. The molecule has 0 unspecified atom stereocenters. The van der Waals surface area contributed by atoms with E-state index in [1.807, 2.05) is 47.5 Å². The minimum atomic E-state index is -0.280. The van der Waals surface area contributed by atoms with Gasteiger partial charge in [-0.15, -0.1) is 0 Å². The fourth-order valence-corrected chi connectivity index (χ4v) is 4.62. The molecule has 2 aromatic heterocycles. The van der Waals surface area contributed by atoms with Crippen molar-refractivity contribution in [3.63, 3.8) is 0 Å². The number of aromatic nitrogens is 2.